The van der Waals surface area contributed by atoms with E-state index in [1.807, 2.05) is 0 Å². The predicted molar refractivity (Wildman–Crippen MR) is 56.9 cm³/mol. The number of hydrogen-bond donors (Lipinski definition) is 2. The van der Waals surface area contributed by atoms with Crippen molar-refractivity contribution in [3.63, 3.8) is 0 Å². The second kappa shape index (κ2) is 4.13. The Hall–Kier alpha value is -1.84. The van der Waals surface area contributed by atoms with Crippen molar-refractivity contribution in [2.24, 2.45) is 5.10 Å². The number of benzene rings is 1. The first-order valence-electron chi connectivity index (χ1n) is 4.90. The van der Waals surface area contributed by atoms with Gasteiger partial charge in [0.2, 0.25) is 0 Å². The Labute approximate surface area is 87.6 Å². The summed E-state index contributed by atoms with van der Waals surface area (Å²) in [7, 11) is 0. The molecule has 0 aromatic heterocycles. The molecule has 1 aromatic rings. The standard InChI is InChI=1S/C11H12N2O2/c14-10-6-4-8(5-7-10)11(15)13-12-9-2-1-3-9/h4-7,14H,1-3H2,(H,13,15). The maximum Gasteiger partial charge on any atom is 0.271 e. The molecule has 0 heterocycles. The smallest absolute Gasteiger partial charge is 0.271 e. The largest absolute Gasteiger partial charge is 0.508 e. The van der Waals surface area contributed by atoms with Crippen LogP contribution < -0.4 is 5.43 Å². The van der Waals surface area contributed by atoms with E-state index in [-0.39, 0.29) is 11.7 Å². The normalized spacial score (nSPS) is 14.3. The summed E-state index contributed by atoms with van der Waals surface area (Å²) in [4.78, 5) is 11.5. The summed E-state index contributed by atoms with van der Waals surface area (Å²) < 4.78 is 0. The summed E-state index contributed by atoms with van der Waals surface area (Å²) in [6, 6.07) is 6.08. The highest BCUT2D eigenvalue weighted by Gasteiger charge is 2.11. The van der Waals surface area contributed by atoms with Gasteiger partial charge in [-0.1, -0.05) is 0 Å². The summed E-state index contributed by atoms with van der Waals surface area (Å²) in [5, 5.41) is 13.0. The summed E-state index contributed by atoms with van der Waals surface area (Å²) in [6.07, 6.45) is 3.12. The lowest BCUT2D eigenvalue weighted by Gasteiger charge is -2.13. The van der Waals surface area contributed by atoms with Crippen LogP contribution in [0.25, 0.3) is 0 Å². The lowest BCUT2D eigenvalue weighted by molar-refractivity contribution is 0.0954. The zero-order chi connectivity index (χ0) is 10.7. The molecule has 0 atom stereocenters. The van der Waals surface area contributed by atoms with E-state index in [2.05, 4.69) is 10.5 Å². The van der Waals surface area contributed by atoms with Crippen molar-refractivity contribution in [2.75, 3.05) is 0 Å². The fourth-order valence-corrected chi connectivity index (χ4v) is 1.25. The second-order valence-electron chi connectivity index (χ2n) is 3.52. The van der Waals surface area contributed by atoms with Crippen LogP contribution in [-0.2, 0) is 0 Å². The number of carbonyl (C=O) groups excluding carboxylic acids is 1. The van der Waals surface area contributed by atoms with Crippen LogP contribution in [0.5, 0.6) is 5.75 Å². The molecule has 0 radical (unpaired) electrons. The van der Waals surface area contributed by atoms with Gasteiger partial charge in [-0.2, -0.15) is 5.10 Å². The molecule has 1 saturated carbocycles. The Morgan fingerprint density at radius 3 is 2.47 bits per heavy atom. The SMILES string of the molecule is O=C(NN=C1CCC1)c1ccc(O)cc1. The van der Waals surface area contributed by atoms with Crippen molar-refractivity contribution >= 4 is 11.6 Å². The van der Waals surface area contributed by atoms with Crippen molar-refractivity contribution < 1.29 is 9.90 Å². The minimum Gasteiger partial charge on any atom is -0.508 e. The third-order valence-corrected chi connectivity index (χ3v) is 2.38. The fraction of sp³-hybridized carbons (Fsp3) is 0.273. The predicted octanol–water partition coefficient (Wildman–Crippen LogP) is 1.66. The summed E-state index contributed by atoms with van der Waals surface area (Å²) in [5.41, 5.74) is 4.03. The number of nitrogens with one attached hydrogen (secondary N) is 1. The highest BCUT2D eigenvalue weighted by atomic mass is 16.3. The van der Waals surface area contributed by atoms with Crippen LogP contribution in [0, 0.1) is 0 Å². The average molecular weight is 204 g/mol. The van der Waals surface area contributed by atoms with E-state index in [0.29, 0.717) is 5.56 Å². The number of amides is 1. The average Bonchev–Trinajstić information content (AvgIpc) is 2.16. The van der Waals surface area contributed by atoms with Crippen molar-refractivity contribution in [1.29, 1.82) is 0 Å². The first kappa shape index (κ1) is 9.71. The van der Waals surface area contributed by atoms with Crippen LogP contribution in [0.3, 0.4) is 0 Å². The molecule has 0 bridgehead atoms. The fourth-order valence-electron chi connectivity index (χ4n) is 1.25. The number of carbonyl (C=O) groups is 1. The van der Waals surface area contributed by atoms with Gasteiger partial charge in [-0.3, -0.25) is 4.79 Å². The van der Waals surface area contributed by atoms with E-state index >= 15 is 0 Å². The molecule has 2 rings (SSSR count). The highest BCUT2D eigenvalue weighted by Crippen LogP contribution is 2.14. The monoisotopic (exact) mass is 204 g/mol. The van der Waals surface area contributed by atoms with Gasteiger partial charge in [0.05, 0.1) is 0 Å². The topological polar surface area (TPSA) is 61.7 Å². The lowest BCUT2D eigenvalue weighted by atomic mass is 9.98. The number of nitrogens with zero attached hydrogens (tertiary/aromatic N) is 1. The number of hydrogen-bond acceptors (Lipinski definition) is 3. The molecule has 1 aliphatic rings. The zero-order valence-electron chi connectivity index (χ0n) is 8.23. The van der Waals surface area contributed by atoms with Crippen LogP contribution in [0.4, 0.5) is 0 Å². The zero-order valence-corrected chi connectivity index (χ0v) is 8.23. The molecule has 1 aromatic carbocycles. The lowest BCUT2D eigenvalue weighted by Crippen LogP contribution is -2.22. The second-order valence-corrected chi connectivity index (χ2v) is 3.52. The Balaban J connectivity index is 1.98. The van der Waals surface area contributed by atoms with E-state index < -0.39 is 0 Å². The van der Waals surface area contributed by atoms with E-state index in [1.54, 1.807) is 12.1 Å². The van der Waals surface area contributed by atoms with Gasteiger partial charge in [-0.25, -0.2) is 5.43 Å². The number of phenolic OH excluding ortho intramolecular Hbond substituents is 1. The van der Waals surface area contributed by atoms with Crippen LogP contribution >= 0.6 is 0 Å². The van der Waals surface area contributed by atoms with Crippen LogP contribution in [0.15, 0.2) is 29.4 Å². The summed E-state index contributed by atoms with van der Waals surface area (Å²) in [6.45, 7) is 0. The van der Waals surface area contributed by atoms with Crippen LogP contribution in [0.1, 0.15) is 29.6 Å². The van der Waals surface area contributed by atoms with Crippen LogP contribution in [-0.4, -0.2) is 16.7 Å². The summed E-state index contributed by atoms with van der Waals surface area (Å²) >= 11 is 0. The number of rotatable bonds is 2. The van der Waals surface area contributed by atoms with Crippen molar-refractivity contribution in [3.05, 3.63) is 29.8 Å². The third-order valence-electron chi connectivity index (χ3n) is 2.38. The molecule has 15 heavy (non-hydrogen) atoms. The third kappa shape index (κ3) is 2.34. The number of aromatic hydroxyl groups is 1. The van der Waals surface area contributed by atoms with Gasteiger partial charge in [0.15, 0.2) is 0 Å². The maximum atomic E-state index is 11.5. The Morgan fingerprint density at radius 1 is 1.27 bits per heavy atom. The van der Waals surface area contributed by atoms with Gasteiger partial charge < -0.3 is 5.11 Å². The van der Waals surface area contributed by atoms with Gasteiger partial charge in [0.25, 0.3) is 5.91 Å². The molecular formula is C11H12N2O2. The maximum absolute atomic E-state index is 11.5. The number of hydrazone groups is 1. The molecule has 0 aliphatic heterocycles. The molecule has 4 heteroatoms. The van der Waals surface area contributed by atoms with Gasteiger partial charge in [-0.15, -0.1) is 0 Å². The number of phenols is 1. The molecule has 1 fully saturated rings. The van der Waals surface area contributed by atoms with E-state index in [9.17, 15) is 4.79 Å². The quantitative estimate of drug-likeness (QED) is 0.720. The van der Waals surface area contributed by atoms with E-state index in [4.69, 9.17) is 5.11 Å². The molecule has 0 unspecified atom stereocenters. The molecule has 0 saturated heterocycles. The van der Waals surface area contributed by atoms with Crippen molar-refractivity contribution in [3.8, 4) is 5.75 Å². The van der Waals surface area contributed by atoms with E-state index in [0.717, 1.165) is 25.0 Å². The van der Waals surface area contributed by atoms with Gasteiger partial charge in [0, 0.05) is 11.3 Å². The van der Waals surface area contributed by atoms with Gasteiger partial charge >= 0.3 is 0 Å². The Bertz CT molecular complexity index is 390. The minimum absolute atomic E-state index is 0.150. The van der Waals surface area contributed by atoms with Gasteiger partial charge in [-0.05, 0) is 43.5 Å². The van der Waals surface area contributed by atoms with Crippen molar-refractivity contribution in [2.45, 2.75) is 19.3 Å². The molecule has 78 valence electrons. The van der Waals surface area contributed by atoms with Gasteiger partial charge in [0.1, 0.15) is 5.75 Å². The van der Waals surface area contributed by atoms with E-state index in [1.165, 1.54) is 12.1 Å². The minimum atomic E-state index is -0.241. The first-order valence-corrected chi connectivity index (χ1v) is 4.90. The highest BCUT2D eigenvalue weighted by molar-refractivity contribution is 5.96. The molecule has 1 amide bonds. The molecule has 0 spiro atoms. The van der Waals surface area contributed by atoms with Crippen LogP contribution in [0.2, 0.25) is 0 Å². The Kier molecular flexibility index (Phi) is 2.67. The molecular weight excluding hydrogens is 192 g/mol. The molecule has 1 aliphatic carbocycles. The molecule has 2 N–H and O–H groups in total. The van der Waals surface area contributed by atoms with Crippen molar-refractivity contribution in [1.82, 2.24) is 5.43 Å². The first-order chi connectivity index (χ1) is 7.25. The Morgan fingerprint density at radius 2 is 1.93 bits per heavy atom. The summed E-state index contributed by atoms with van der Waals surface area (Å²) in [5.74, 6) is -0.0914. The molecule has 4 nitrogen and oxygen atoms in total.